The lowest BCUT2D eigenvalue weighted by Crippen LogP contribution is -2.24. The van der Waals surface area contributed by atoms with Crippen molar-refractivity contribution in [2.45, 2.75) is 19.8 Å². The van der Waals surface area contributed by atoms with Crippen molar-refractivity contribution in [1.82, 2.24) is 9.97 Å². The monoisotopic (exact) mass is 406 g/mol. The van der Waals surface area contributed by atoms with Crippen molar-refractivity contribution in [2.24, 2.45) is 0 Å². The minimum absolute atomic E-state index is 0.186. The van der Waals surface area contributed by atoms with Gasteiger partial charge < -0.3 is 19.2 Å². The van der Waals surface area contributed by atoms with E-state index < -0.39 is 17.9 Å². The summed E-state index contributed by atoms with van der Waals surface area (Å²) in [6.45, 7) is 2.97. The number of carbonyl (C=O) groups excluding carboxylic acids is 2. The van der Waals surface area contributed by atoms with Crippen molar-refractivity contribution in [3.05, 3.63) is 80.9 Å². The van der Waals surface area contributed by atoms with Crippen LogP contribution in [-0.2, 0) is 9.53 Å². The van der Waals surface area contributed by atoms with Gasteiger partial charge in [0.05, 0.1) is 18.2 Å². The lowest BCUT2D eigenvalue weighted by Gasteiger charge is -2.27. The molecule has 0 amide bonds. The first-order valence-electron chi connectivity index (χ1n) is 9.16. The summed E-state index contributed by atoms with van der Waals surface area (Å²) in [5.74, 6) is -0.0311. The van der Waals surface area contributed by atoms with Crippen molar-refractivity contribution in [3.8, 4) is 17.4 Å². The third kappa shape index (κ3) is 3.43. The van der Waals surface area contributed by atoms with E-state index in [4.69, 9.17) is 14.2 Å². The number of aromatic amines is 1. The smallest absolute Gasteiger partial charge is 0.337 e. The Hall–Kier alpha value is -3.94. The second-order valence-electron chi connectivity index (χ2n) is 6.81. The van der Waals surface area contributed by atoms with Crippen LogP contribution in [0.4, 0.5) is 0 Å². The maximum absolute atomic E-state index is 12.8. The number of rotatable bonds is 3. The van der Waals surface area contributed by atoms with Gasteiger partial charge in [-0.3, -0.25) is 9.59 Å². The number of aromatic nitrogens is 2. The molecule has 8 heteroatoms. The van der Waals surface area contributed by atoms with Gasteiger partial charge in [-0.1, -0.05) is 18.2 Å². The van der Waals surface area contributed by atoms with Crippen LogP contribution in [0.3, 0.4) is 0 Å². The highest BCUT2D eigenvalue weighted by molar-refractivity contribution is 5.89. The van der Waals surface area contributed by atoms with Gasteiger partial charge in [-0.15, -0.1) is 0 Å². The van der Waals surface area contributed by atoms with E-state index in [0.29, 0.717) is 34.0 Å². The van der Waals surface area contributed by atoms with Crippen LogP contribution in [0.5, 0.6) is 17.4 Å². The number of carbonyl (C=O) groups is 2. The lowest BCUT2D eigenvalue weighted by molar-refractivity contribution is -0.131. The van der Waals surface area contributed by atoms with Crippen LogP contribution in [0.2, 0.25) is 0 Å². The first kappa shape index (κ1) is 19.4. The molecular formula is C22H18N2O6. The second-order valence-corrected chi connectivity index (χ2v) is 6.81. The molecule has 8 nitrogen and oxygen atoms in total. The predicted octanol–water partition coefficient (Wildman–Crippen LogP) is 3.08. The highest BCUT2D eigenvalue weighted by Gasteiger charge is 2.33. The molecule has 1 aromatic heterocycles. The van der Waals surface area contributed by atoms with Gasteiger partial charge in [-0.05, 0) is 30.7 Å². The maximum Gasteiger partial charge on any atom is 0.337 e. The summed E-state index contributed by atoms with van der Waals surface area (Å²) in [4.78, 5) is 42.9. The van der Waals surface area contributed by atoms with Crippen LogP contribution >= 0.6 is 0 Å². The molecule has 1 N–H and O–H groups in total. The Kier molecular flexibility index (Phi) is 4.83. The molecule has 0 spiro atoms. The number of fused-ring (bicyclic) bond motifs is 2. The number of hydrogen-bond acceptors (Lipinski definition) is 7. The molecule has 0 saturated carbocycles. The van der Waals surface area contributed by atoms with Crippen LogP contribution in [0, 0.1) is 6.92 Å². The molecular weight excluding hydrogens is 388 g/mol. The zero-order chi connectivity index (χ0) is 21.4. The number of benzene rings is 2. The van der Waals surface area contributed by atoms with Gasteiger partial charge in [0.15, 0.2) is 0 Å². The Morgan fingerprint density at radius 3 is 2.53 bits per heavy atom. The summed E-state index contributed by atoms with van der Waals surface area (Å²) >= 11 is 0. The second kappa shape index (κ2) is 7.47. The Morgan fingerprint density at radius 2 is 1.87 bits per heavy atom. The summed E-state index contributed by atoms with van der Waals surface area (Å²) < 4.78 is 15.8. The van der Waals surface area contributed by atoms with Crippen molar-refractivity contribution in [3.63, 3.8) is 0 Å². The molecule has 0 saturated heterocycles. The molecule has 0 unspecified atom stereocenters. The summed E-state index contributed by atoms with van der Waals surface area (Å²) in [5.41, 5.74) is 1.92. The molecule has 2 aromatic carbocycles. The Balaban J connectivity index is 1.88. The average Bonchev–Trinajstić information content (AvgIpc) is 2.71. The highest BCUT2D eigenvalue weighted by atomic mass is 16.5. The van der Waals surface area contributed by atoms with Gasteiger partial charge in [-0.2, -0.15) is 4.98 Å². The zero-order valence-electron chi connectivity index (χ0n) is 16.5. The predicted molar refractivity (Wildman–Crippen MR) is 106 cm³/mol. The average molecular weight is 406 g/mol. The molecule has 1 aliphatic rings. The van der Waals surface area contributed by atoms with Crippen molar-refractivity contribution in [1.29, 1.82) is 0 Å². The minimum atomic E-state index is -0.487. The summed E-state index contributed by atoms with van der Waals surface area (Å²) in [6, 6.07) is 11.8. The number of H-pyrrole nitrogens is 1. The van der Waals surface area contributed by atoms with E-state index in [1.807, 2.05) is 0 Å². The molecule has 2 heterocycles. The SMILES string of the molecule is COC(=O)c1ccc([C@H]2c3ccc(OC(C)=O)cc3Oc3nc(C)[nH]c(=O)c32)cc1. The molecule has 0 bridgehead atoms. The molecule has 1 atom stereocenters. The molecule has 0 aliphatic carbocycles. The quantitative estimate of drug-likeness (QED) is 0.411. The molecule has 152 valence electrons. The van der Waals surface area contributed by atoms with Crippen molar-refractivity contribution < 1.29 is 23.8 Å². The lowest BCUT2D eigenvalue weighted by atomic mass is 9.83. The number of aryl methyl sites for hydroxylation is 1. The van der Waals surface area contributed by atoms with Crippen LogP contribution in [0.25, 0.3) is 0 Å². The first-order valence-corrected chi connectivity index (χ1v) is 9.16. The van der Waals surface area contributed by atoms with Crippen LogP contribution in [0.1, 0.15) is 45.7 Å². The third-order valence-corrected chi connectivity index (χ3v) is 4.76. The Morgan fingerprint density at radius 1 is 1.13 bits per heavy atom. The fourth-order valence-corrected chi connectivity index (χ4v) is 3.51. The van der Waals surface area contributed by atoms with E-state index in [-0.39, 0.29) is 11.4 Å². The van der Waals surface area contributed by atoms with Crippen molar-refractivity contribution in [2.75, 3.05) is 7.11 Å². The number of ether oxygens (including phenoxy) is 3. The normalized spacial score (nSPS) is 14.2. The largest absolute Gasteiger partial charge is 0.465 e. The van der Waals surface area contributed by atoms with E-state index in [9.17, 15) is 14.4 Å². The van der Waals surface area contributed by atoms with E-state index in [1.165, 1.54) is 14.0 Å². The standard InChI is InChI=1S/C22H18N2O6/c1-11-23-20(26)19-18(13-4-6-14(7-5-13)22(27)28-3)16-9-8-15(29-12(2)25)10-17(16)30-21(19)24-11/h4-10,18H,1-3H3,(H,23,24,26)/t18-/m0/s1. The number of nitrogens with zero attached hydrogens (tertiary/aromatic N) is 1. The van der Waals surface area contributed by atoms with E-state index in [1.54, 1.807) is 49.4 Å². The number of esters is 2. The number of nitrogens with one attached hydrogen (secondary N) is 1. The van der Waals surface area contributed by atoms with Gasteiger partial charge in [0, 0.05) is 24.5 Å². The maximum atomic E-state index is 12.8. The minimum Gasteiger partial charge on any atom is -0.465 e. The van der Waals surface area contributed by atoms with Gasteiger partial charge in [0.25, 0.3) is 5.56 Å². The molecule has 0 radical (unpaired) electrons. The molecule has 4 rings (SSSR count). The third-order valence-electron chi connectivity index (χ3n) is 4.76. The van der Waals surface area contributed by atoms with Crippen LogP contribution in [-0.4, -0.2) is 29.0 Å². The first-order chi connectivity index (χ1) is 14.4. The van der Waals surface area contributed by atoms with Crippen LogP contribution < -0.4 is 15.0 Å². The van der Waals surface area contributed by atoms with Gasteiger partial charge in [-0.25, -0.2) is 4.79 Å². The number of hydrogen-bond donors (Lipinski definition) is 1. The van der Waals surface area contributed by atoms with Crippen LogP contribution in [0.15, 0.2) is 47.3 Å². The van der Waals surface area contributed by atoms with Gasteiger partial charge in [0.2, 0.25) is 5.88 Å². The molecule has 30 heavy (non-hydrogen) atoms. The highest BCUT2D eigenvalue weighted by Crippen LogP contribution is 2.46. The molecule has 1 aliphatic heterocycles. The van der Waals surface area contributed by atoms with E-state index >= 15 is 0 Å². The fourth-order valence-electron chi connectivity index (χ4n) is 3.51. The van der Waals surface area contributed by atoms with Crippen molar-refractivity contribution >= 4 is 11.9 Å². The summed E-state index contributed by atoms with van der Waals surface area (Å²) in [5, 5.41) is 0. The Labute approximate surface area is 171 Å². The summed E-state index contributed by atoms with van der Waals surface area (Å²) in [7, 11) is 1.31. The molecule has 3 aromatic rings. The summed E-state index contributed by atoms with van der Waals surface area (Å²) in [6.07, 6.45) is 0. The number of methoxy groups -OCH3 is 1. The van der Waals surface area contributed by atoms with Gasteiger partial charge in [0.1, 0.15) is 17.3 Å². The Bertz CT molecular complexity index is 1210. The molecule has 0 fully saturated rings. The fraction of sp³-hybridized carbons (Fsp3) is 0.182. The van der Waals surface area contributed by atoms with E-state index in [0.717, 1.165) is 5.56 Å². The topological polar surface area (TPSA) is 108 Å². The van der Waals surface area contributed by atoms with E-state index in [2.05, 4.69) is 9.97 Å². The van der Waals surface area contributed by atoms with Gasteiger partial charge >= 0.3 is 11.9 Å². The zero-order valence-corrected chi connectivity index (χ0v) is 16.5.